The molecule has 0 radical (unpaired) electrons. The van der Waals surface area contributed by atoms with Crippen LogP contribution in [0.5, 0.6) is 0 Å². The number of hydrogen-bond acceptors (Lipinski definition) is 5. The van der Waals surface area contributed by atoms with E-state index in [0.717, 1.165) is 17.1 Å². The summed E-state index contributed by atoms with van der Waals surface area (Å²) < 4.78 is 26.6. The number of nitrogens with one attached hydrogen (secondary N) is 2. The van der Waals surface area contributed by atoms with Crippen molar-refractivity contribution in [2.45, 2.75) is 31.7 Å². The molecule has 106 valence electrons. The van der Waals surface area contributed by atoms with Crippen molar-refractivity contribution in [3.63, 3.8) is 0 Å². The van der Waals surface area contributed by atoms with Gasteiger partial charge in [0.1, 0.15) is 5.82 Å². The highest BCUT2D eigenvalue weighted by Crippen LogP contribution is 2.21. The van der Waals surface area contributed by atoms with Crippen molar-refractivity contribution in [3.8, 4) is 0 Å². The molecule has 1 heterocycles. The molecule has 0 atom stereocenters. The maximum atomic E-state index is 11.6. The molecule has 8 heteroatoms. The Hall–Kier alpha value is -1.41. The Morgan fingerprint density at radius 1 is 1.16 bits per heavy atom. The summed E-state index contributed by atoms with van der Waals surface area (Å²) in [5.41, 5.74) is 0. The van der Waals surface area contributed by atoms with Gasteiger partial charge in [-0.2, -0.15) is 12.7 Å². The zero-order valence-corrected chi connectivity index (χ0v) is 11.9. The lowest BCUT2D eigenvalue weighted by Crippen LogP contribution is -2.29. The molecule has 0 aromatic carbocycles. The van der Waals surface area contributed by atoms with Gasteiger partial charge >= 0.3 is 10.2 Å². The van der Waals surface area contributed by atoms with Crippen molar-refractivity contribution in [2.75, 3.05) is 24.1 Å². The molecule has 0 spiro atoms. The van der Waals surface area contributed by atoms with Crippen molar-refractivity contribution >= 4 is 21.8 Å². The second-order valence-electron chi connectivity index (χ2n) is 4.82. The summed E-state index contributed by atoms with van der Waals surface area (Å²) in [6.45, 7) is 0. The lowest BCUT2D eigenvalue weighted by Gasteiger charge is -2.14. The second kappa shape index (κ2) is 5.70. The molecule has 1 saturated carbocycles. The van der Waals surface area contributed by atoms with E-state index < -0.39 is 10.2 Å². The maximum Gasteiger partial charge on any atom is 0.302 e. The molecule has 0 amide bonds. The zero-order chi connectivity index (χ0) is 13.9. The van der Waals surface area contributed by atoms with Crippen LogP contribution in [0, 0.1) is 0 Å². The fraction of sp³-hybridized carbons (Fsp3) is 0.636. The van der Waals surface area contributed by atoms with Crippen molar-refractivity contribution < 1.29 is 8.42 Å². The van der Waals surface area contributed by atoms with E-state index >= 15 is 0 Å². The highest BCUT2D eigenvalue weighted by atomic mass is 32.2. The zero-order valence-electron chi connectivity index (χ0n) is 11.1. The van der Waals surface area contributed by atoms with Crippen LogP contribution in [-0.2, 0) is 10.2 Å². The first kappa shape index (κ1) is 14.0. The average Bonchev–Trinajstić information content (AvgIpc) is 2.84. The van der Waals surface area contributed by atoms with Crippen molar-refractivity contribution in [2.24, 2.45) is 0 Å². The van der Waals surface area contributed by atoms with Crippen LogP contribution in [-0.4, -0.2) is 43.1 Å². The highest BCUT2D eigenvalue weighted by molar-refractivity contribution is 7.90. The van der Waals surface area contributed by atoms with Crippen LogP contribution < -0.4 is 10.0 Å². The Kier molecular flexibility index (Phi) is 4.20. The molecule has 0 bridgehead atoms. The third-order valence-electron chi connectivity index (χ3n) is 3.09. The minimum absolute atomic E-state index is 0.214. The summed E-state index contributed by atoms with van der Waals surface area (Å²) in [6, 6.07) is 3.79. The van der Waals surface area contributed by atoms with E-state index in [4.69, 9.17) is 0 Å². The monoisotopic (exact) mass is 285 g/mol. The Morgan fingerprint density at radius 2 is 1.74 bits per heavy atom. The minimum Gasteiger partial charge on any atom is -0.366 e. The molecule has 7 nitrogen and oxygen atoms in total. The predicted molar refractivity (Wildman–Crippen MR) is 74.1 cm³/mol. The van der Waals surface area contributed by atoms with Crippen LogP contribution in [0.25, 0.3) is 0 Å². The van der Waals surface area contributed by atoms with Gasteiger partial charge in [-0.1, -0.05) is 12.8 Å². The van der Waals surface area contributed by atoms with Gasteiger partial charge < -0.3 is 5.32 Å². The number of hydrogen-bond donors (Lipinski definition) is 2. The number of anilines is 2. The number of nitrogens with zero attached hydrogens (tertiary/aromatic N) is 3. The third-order valence-corrected chi connectivity index (χ3v) is 4.51. The molecule has 1 aromatic rings. The summed E-state index contributed by atoms with van der Waals surface area (Å²) in [6.07, 6.45) is 4.78. The molecule has 1 aliphatic carbocycles. The van der Waals surface area contributed by atoms with E-state index in [0.29, 0.717) is 11.9 Å². The molecule has 0 aliphatic heterocycles. The average molecular weight is 285 g/mol. The van der Waals surface area contributed by atoms with E-state index in [-0.39, 0.29) is 5.82 Å². The molecule has 0 unspecified atom stereocenters. The van der Waals surface area contributed by atoms with Crippen LogP contribution in [0.4, 0.5) is 11.6 Å². The van der Waals surface area contributed by atoms with Gasteiger partial charge in [0.25, 0.3) is 0 Å². The van der Waals surface area contributed by atoms with Crippen molar-refractivity contribution in [1.82, 2.24) is 14.5 Å². The Bertz CT molecular complexity index is 508. The quantitative estimate of drug-likeness (QED) is 0.844. The first-order valence-electron chi connectivity index (χ1n) is 6.28. The van der Waals surface area contributed by atoms with Crippen LogP contribution in [0.15, 0.2) is 12.1 Å². The topological polar surface area (TPSA) is 87.2 Å². The largest absolute Gasteiger partial charge is 0.366 e. The van der Waals surface area contributed by atoms with E-state index in [2.05, 4.69) is 20.2 Å². The van der Waals surface area contributed by atoms with Crippen LogP contribution in [0.1, 0.15) is 25.7 Å². The second-order valence-corrected chi connectivity index (χ2v) is 6.70. The Labute approximate surface area is 113 Å². The molecule has 1 aromatic heterocycles. The Balaban J connectivity index is 1.98. The fourth-order valence-electron chi connectivity index (χ4n) is 1.97. The standard InChI is InChI=1S/C11H19N5O2S/c1-16(2)19(17,18)15-11-8-7-10(13-14-11)12-9-5-3-4-6-9/h7-9H,3-6H2,1-2H3,(H,12,13)(H,14,15). The SMILES string of the molecule is CN(C)S(=O)(=O)Nc1ccc(NC2CCCC2)nn1. The number of rotatable bonds is 5. The maximum absolute atomic E-state index is 11.6. The summed E-state index contributed by atoms with van der Waals surface area (Å²) in [5, 5.41) is 11.1. The van der Waals surface area contributed by atoms with Gasteiger partial charge in [0.05, 0.1) is 0 Å². The number of aromatic nitrogens is 2. The van der Waals surface area contributed by atoms with Gasteiger partial charge in [0, 0.05) is 20.1 Å². The van der Waals surface area contributed by atoms with Gasteiger partial charge in [-0.3, -0.25) is 4.72 Å². The van der Waals surface area contributed by atoms with Crippen LogP contribution in [0.3, 0.4) is 0 Å². The van der Waals surface area contributed by atoms with E-state index in [1.807, 2.05) is 0 Å². The fourth-order valence-corrected chi connectivity index (χ4v) is 2.52. The highest BCUT2D eigenvalue weighted by Gasteiger charge is 2.16. The minimum atomic E-state index is -3.53. The lowest BCUT2D eigenvalue weighted by atomic mass is 10.2. The summed E-state index contributed by atoms with van der Waals surface area (Å²) in [4.78, 5) is 0. The van der Waals surface area contributed by atoms with Gasteiger partial charge in [0.15, 0.2) is 5.82 Å². The first-order valence-corrected chi connectivity index (χ1v) is 7.72. The smallest absolute Gasteiger partial charge is 0.302 e. The molecule has 1 aliphatic rings. The first-order chi connectivity index (χ1) is 8.97. The van der Waals surface area contributed by atoms with Gasteiger partial charge in [-0.25, -0.2) is 0 Å². The molecular weight excluding hydrogens is 266 g/mol. The van der Waals surface area contributed by atoms with Crippen LogP contribution in [0.2, 0.25) is 0 Å². The van der Waals surface area contributed by atoms with Gasteiger partial charge in [-0.05, 0) is 25.0 Å². The molecular formula is C11H19N5O2S. The van der Waals surface area contributed by atoms with Crippen molar-refractivity contribution in [3.05, 3.63) is 12.1 Å². The lowest BCUT2D eigenvalue weighted by molar-refractivity contribution is 0.526. The Morgan fingerprint density at radius 3 is 2.26 bits per heavy atom. The third kappa shape index (κ3) is 3.77. The van der Waals surface area contributed by atoms with Crippen LogP contribution >= 0.6 is 0 Å². The normalized spacial score (nSPS) is 16.8. The van der Waals surface area contributed by atoms with Gasteiger partial charge in [0.2, 0.25) is 0 Å². The molecule has 2 rings (SSSR count). The summed E-state index contributed by atoms with van der Waals surface area (Å²) in [7, 11) is -0.626. The van der Waals surface area contributed by atoms with Crippen molar-refractivity contribution in [1.29, 1.82) is 0 Å². The molecule has 0 saturated heterocycles. The van der Waals surface area contributed by atoms with E-state index in [1.165, 1.54) is 26.9 Å². The molecule has 1 fully saturated rings. The van der Waals surface area contributed by atoms with Gasteiger partial charge in [-0.15, -0.1) is 10.2 Å². The van der Waals surface area contributed by atoms with E-state index in [9.17, 15) is 8.42 Å². The molecule has 19 heavy (non-hydrogen) atoms. The van der Waals surface area contributed by atoms with E-state index in [1.54, 1.807) is 12.1 Å². The predicted octanol–water partition coefficient (Wildman–Crippen LogP) is 1.05. The molecule has 2 N–H and O–H groups in total. The summed E-state index contributed by atoms with van der Waals surface area (Å²) in [5.74, 6) is 0.894. The summed E-state index contributed by atoms with van der Waals surface area (Å²) >= 11 is 0.